The molecule has 0 bridgehead atoms. The highest BCUT2D eigenvalue weighted by molar-refractivity contribution is 6.04. The van der Waals surface area contributed by atoms with Gasteiger partial charge in [0.25, 0.3) is 0 Å². The number of hydrogen-bond donors (Lipinski definition) is 1. The van der Waals surface area contributed by atoms with E-state index in [1.54, 1.807) is 34.6 Å². The Kier molecular flexibility index (Phi) is 5.32. The molecule has 0 spiro atoms. The van der Waals surface area contributed by atoms with Gasteiger partial charge in [0.2, 0.25) is 5.91 Å². The summed E-state index contributed by atoms with van der Waals surface area (Å²) < 4.78 is 5.07. The lowest BCUT2D eigenvalue weighted by Gasteiger charge is -2.23. The van der Waals surface area contributed by atoms with Crippen molar-refractivity contribution in [2.75, 3.05) is 0 Å². The number of ketones is 1. The summed E-state index contributed by atoms with van der Waals surface area (Å²) in [5.74, 6) is -1.80. The Hall–Kier alpha value is -1.39. The van der Waals surface area contributed by atoms with Crippen LogP contribution in [0.15, 0.2) is 0 Å². The predicted octanol–water partition coefficient (Wildman–Crippen LogP) is 1.06. The second-order valence-corrected chi connectivity index (χ2v) is 5.24. The van der Waals surface area contributed by atoms with Crippen LogP contribution in [0, 0.1) is 5.92 Å². The summed E-state index contributed by atoms with van der Waals surface area (Å²) in [6.45, 7) is 9.71. The fourth-order valence-electron chi connectivity index (χ4n) is 0.996. The number of hydrogen-bond acceptors (Lipinski definition) is 4. The third-order valence-electron chi connectivity index (χ3n) is 1.86. The van der Waals surface area contributed by atoms with Crippen LogP contribution in [0.2, 0.25) is 0 Å². The standard InChI is InChI=1S/C12H21NO4/c1-7(2)10(15)13-9(8(3)14)11(16)17-12(4,5)6/h7,9H,1-6H3,(H,13,15). The Bertz CT molecular complexity index is 315. The lowest BCUT2D eigenvalue weighted by atomic mass is 10.1. The molecule has 1 atom stereocenters. The summed E-state index contributed by atoms with van der Waals surface area (Å²) in [5.41, 5.74) is -0.687. The monoisotopic (exact) mass is 243 g/mol. The minimum atomic E-state index is -1.22. The van der Waals surface area contributed by atoms with Gasteiger partial charge in [-0.3, -0.25) is 9.59 Å². The summed E-state index contributed by atoms with van der Waals surface area (Å²) in [6.07, 6.45) is 0. The SMILES string of the molecule is CC(=O)C(NC(=O)C(C)C)C(=O)OC(C)(C)C. The molecular weight excluding hydrogens is 222 g/mol. The third-order valence-corrected chi connectivity index (χ3v) is 1.86. The Morgan fingerprint density at radius 2 is 1.59 bits per heavy atom. The number of carbonyl (C=O) groups is 3. The molecule has 17 heavy (non-hydrogen) atoms. The molecule has 0 aliphatic carbocycles. The van der Waals surface area contributed by atoms with E-state index < -0.39 is 23.4 Å². The van der Waals surface area contributed by atoms with Gasteiger partial charge >= 0.3 is 5.97 Å². The highest BCUT2D eigenvalue weighted by Gasteiger charge is 2.30. The highest BCUT2D eigenvalue weighted by Crippen LogP contribution is 2.09. The van der Waals surface area contributed by atoms with Crippen LogP contribution in [0.1, 0.15) is 41.5 Å². The van der Waals surface area contributed by atoms with Gasteiger partial charge in [0, 0.05) is 5.92 Å². The van der Waals surface area contributed by atoms with Crippen LogP contribution in [-0.2, 0) is 19.1 Å². The van der Waals surface area contributed by atoms with Crippen molar-refractivity contribution in [1.29, 1.82) is 0 Å². The molecule has 0 rings (SSSR count). The van der Waals surface area contributed by atoms with Crippen LogP contribution in [0.3, 0.4) is 0 Å². The maximum atomic E-state index is 11.7. The maximum Gasteiger partial charge on any atom is 0.336 e. The first-order valence-corrected chi connectivity index (χ1v) is 5.58. The van der Waals surface area contributed by atoms with E-state index in [4.69, 9.17) is 4.74 Å². The van der Waals surface area contributed by atoms with E-state index in [0.29, 0.717) is 0 Å². The van der Waals surface area contributed by atoms with Crippen LogP contribution in [-0.4, -0.2) is 29.3 Å². The normalized spacial score (nSPS) is 13.1. The molecule has 0 aliphatic heterocycles. The van der Waals surface area contributed by atoms with Crippen molar-refractivity contribution < 1.29 is 19.1 Å². The summed E-state index contributed by atoms with van der Waals surface area (Å²) in [6, 6.07) is -1.22. The van der Waals surface area contributed by atoms with E-state index in [-0.39, 0.29) is 11.8 Å². The van der Waals surface area contributed by atoms with Gasteiger partial charge < -0.3 is 10.1 Å². The van der Waals surface area contributed by atoms with Gasteiger partial charge in [0.1, 0.15) is 5.60 Å². The smallest absolute Gasteiger partial charge is 0.336 e. The van der Waals surface area contributed by atoms with Crippen molar-refractivity contribution in [2.45, 2.75) is 53.2 Å². The molecule has 5 nitrogen and oxygen atoms in total. The lowest BCUT2D eigenvalue weighted by molar-refractivity contribution is -0.160. The van der Waals surface area contributed by atoms with Crippen LogP contribution in [0.5, 0.6) is 0 Å². The predicted molar refractivity (Wildman–Crippen MR) is 63.3 cm³/mol. The zero-order valence-corrected chi connectivity index (χ0v) is 11.3. The van der Waals surface area contributed by atoms with Crippen LogP contribution < -0.4 is 5.32 Å². The zero-order valence-electron chi connectivity index (χ0n) is 11.3. The summed E-state index contributed by atoms with van der Waals surface area (Å²) in [7, 11) is 0. The molecule has 0 saturated heterocycles. The molecule has 0 aromatic carbocycles. The van der Waals surface area contributed by atoms with E-state index in [9.17, 15) is 14.4 Å². The van der Waals surface area contributed by atoms with Gasteiger partial charge in [-0.05, 0) is 27.7 Å². The van der Waals surface area contributed by atoms with Crippen molar-refractivity contribution in [3.63, 3.8) is 0 Å². The van der Waals surface area contributed by atoms with E-state index >= 15 is 0 Å². The van der Waals surface area contributed by atoms with Crippen LogP contribution in [0.4, 0.5) is 0 Å². The molecule has 0 aromatic rings. The van der Waals surface area contributed by atoms with Crippen molar-refractivity contribution in [3.8, 4) is 0 Å². The average Bonchev–Trinajstić information content (AvgIpc) is 2.09. The summed E-state index contributed by atoms with van der Waals surface area (Å²) >= 11 is 0. The van der Waals surface area contributed by atoms with Crippen molar-refractivity contribution in [3.05, 3.63) is 0 Å². The number of nitrogens with one attached hydrogen (secondary N) is 1. The number of rotatable bonds is 4. The molecular formula is C12H21NO4. The average molecular weight is 243 g/mol. The van der Waals surface area contributed by atoms with E-state index in [1.165, 1.54) is 6.92 Å². The molecule has 0 fully saturated rings. The van der Waals surface area contributed by atoms with Crippen molar-refractivity contribution in [2.24, 2.45) is 5.92 Å². The number of esters is 1. The van der Waals surface area contributed by atoms with Gasteiger partial charge in [-0.15, -0.1) is 0 Å². The van der Waals surface area contributed by atoms with E-state index in [0.717, 1.165) is 0 Å². The van der Waals surface area contributed by atoms with Gasteiger partial charge in [0.15, 0.2) is 11.8 Å². The molecule has 98 valence electrons. The molecule has 1 unspecified atom stereocenters. The van der Waals surface area contributed by atoms with E-state index in [1.807, 2.05) is 0 Å². The zero-order chi connectivity index (χ0) is 13.8. The molecule has 0 saturated carbocycles. The summed E-state index contributed by atoms with van der Waals surface area (Å²) in [4.78, 5) is 34.5. The molecule has 0 heterocycles. The number of carbonyl (C=O) groups excluding carboxylic acids is 3. The van der Waals surface area contributed by atoms with Gasteiger partial charge in [-0.2, -0.15) is 0 Å². The maximum absolute atomic E-state index is 11.7. The third kappa shape index (κ3) is 6.04. The second kappa shape index (κ2) is 5.80. The van der Waals surface area contributed by atoms with Crippen LogP contribution in [0.25, 0.3) is 0 Å². The van der Waals surface area contributed by atoms with Gasteiger partial charge in [-0.1, -0.05) is 13.8 Å². The lowest BCUT2D eigenvalue weighted by Crippen LogP contribution is -2.49. The topological polar surface area (TPSA) is 72.5 Å². The number of ether oxygens (including phenoxy) is 1. The van der Waals surface area contributed by atoms with Gasteiger partial charge in [-0.25, -0.2) is 4.79 Å². The Morgan fingerprint density at radius 1 is 1.12 bits per heavy atom. The van der Waals surface area contributed by atoms with Crippen molar-refractivity contribution in [1.82, 2.24) is 5.32 Å². The minimum Gasteiger partial charge on any atom is -0.458 e. The first kappa shape index (κ1) is 15.6. The molecule has 1 N–H and O–H groups in total. The van der Waals surface area contributed by atoms with Crippen molar-refractivity contribution >= 4 is 17.7 Å². The fraction of sp³-hybridized carbons (Fsp3) is 0.750. The quantitative estimate of drug-likeness (QED) is 0.592. The largest absolute Gasteiger partial charge is 0.458 e. The number of amides is 1. The van der Waals surface area contributed by atoms with Gasteiger partial charge in [0.05, 0.1) is 0 Å². The minimum absolute atomic E-state index is 0.292. The Labute approximate surface area is 102 Å². The van der Waals surface area contributed by atoms with Crippen LogP contribution >= 0.6 is 0 Å². The van der Waals surface area contributed by atoms with E-state index in [2.05, 4.69) is 5.32 Å². The Morgan fingerprint density at radius 3 is 1.88 bits per heavy atom. The first-order valence-electron chi connectivity index (χ1n) is 5.58. The summed E-state index contributed by atoms with van der Waals surface area (Å²) in [5, 5.41) is 2.38. The highest BCUT2D eigenvalue weighted by atomic mass is 16.6. The molecule has 0 aromatic heterocycles. The first-order chi connectivity index (χ1) is 7.54. The molecule has 5 heteroatoms. The Balaban J connectivity index is 4.70. The molecule has 1 amide bonds. The molecule has 0 radical (unpaired) electrons. The fourth-order valence-corrected chi connectivity index (χ4v) is 0.996. The number of Topliss-reactive ketones (excluding diaryl/α,β-unsaturated/α-hetero) is 1. The molecule has 0 aliphatic rings. The second-order valence-electron chi connectivity index (χ2n) is 5.24.